The molecule has 1 saturated heterocycles. The molecule has 0 amide bonds. The first-order valence-electron chi connectivity index (χ1n) is 6.51. The summed E-state index contributed by atoms with van der Waals surface area (Å²) < 4.78 is 10.7. The number of benzene rings is 1. The fraction of sp³-hybridized carbons (Fsp3) is 0.429. The fourth-order valence-corrected chi connectivity index (χ4v) is 2.18. The second-order valence-corrected chi connectivity index (χ2v) is 4.73. The van der Waals surface area contributed by atoms with Crippen molar-refractivity contribution in [2.75, 3.05) is 19.8 Å². The Morgan fingerprint density at radius 1 is 1.35 bits per heavy atom. The van der Waals surface area contributed by atoms with E-state index in [2.05, 4.69) is 34.5 Å². The van der Waals surface area contributed by atoms with Crippen LogP contribution in [0.25, 0.3) is 0 Å². The van der Waals surface area contributed by atoms with Crippen molar-refractivity contribution >= 4 is 12.4 Å². The summed E-state index contributed by atoms with van der Waals surface area (Å²) in [5.41, 5.74) is 2.45. The molecular formula is C14H18ClN3O2. The van der Waals surface area contributed by atoms with Gasteiger partial charge in [0.25, 0.3) is 0 Å². The van der Waals surface area contributed by atoms with Gasteiger partial charge in [0.05, 0.1) is 25.7 Å². The van der Waals surface area contributed by atoms with E-state index < -0.39 is 0 Å². The van der Waals surface area contributed by atoms with Gasteiger partial charge >= 0.3 is 0 Å². The molecule has 1 atom stereocenters. The van der Waals surface area contributed by atoms with Gasteiger partial charge in [-0.2, -0.15) is 4.98 Å². The molecular weight excluding hydrogens is 278 g/mol. The molecule has 1 N–H and O–H groups in total. The lowest BCUT2D eigenvalue weighted by atomic mass is 10.1. The minimum atomic E-state index is 0. The van der Waals surface area contributed by atoms with Crippen molar-refractivity contribution in [2.24, 2.45) is 0 Å². The lowest BCUT2D eigenvalue weighted by Crippen LogP contribution is -2.35. The third-order valence-electron chi connectivity index (χ3n) is 3.32. The highest BCUT2D eigenvalue weighted by atomic mass is 35.5. The van der Waals surface area contributed by atoms with Gasteiger partial charge in [0.15, 0.2) is 5.82 Å². The van der Waals surface area contributed by atoms with Crippen LogP contribution in [-0.4, -0.2) is 29.9 Å². The molecule has 5 nitrogen and oxygen atoms in total. The Bertz CT molecular complexity index is 553. The van der Waals surface area contributed by atoms with E-state index in [4.69, 9.17) is 9.26 Å². The molecule has 0 radical (unpaired) electrons. The van der Waals surface area contributed by atoms with E-state index in [1.807, 2.05) is 12.1 Å². The monoisotopic (exact) mass is 295 g/mol. The van der Waals surface area contributed by atoms with Crippen LogP contribution >= 0.6 is 12.4 Å². The molecule has 1 unspecified atom stereocenters. The SMILES string of the molecule is Cc1ccccc1Cc1nc(C2COCCN2)no1.Cl. The van der Waals surface area contributed by atoms with Crippen molar-refractivity contribution < 1.29 is 9.26 Å². The third kappa shape index (κ3) is 3.36. The summed E-state index contributed by atoms with van der Waals surface area (Å²) >= 11 is 0. The summed E-state index contributed by atoms with van der Waals surface area (Å²) in [7, 11) is 0. The maximum atomic E-state index is 5.40. The molecule has 3 rings (SSSR count). The van der Waals surface area contributed by atoms with E-state index in [0.29, 0.717) is 24.7 Å². The number of halogens is 1. The van der Waals surface area contributed by atoms with E-state index >= 15 is 0 Å². The largest absolute Gasteiger partial charge is 0.378 e. The summed E-state index contributed by atoms with van der Waals surface area (Å²) in [6.07, 6.45) is 0.674. The Morgan fingerprint density at radius 2 is 2.20 bits per heavy atom. The molecule has 1 fully saturated rings. The first-order chi connectivity index (χ1) is 9.33. The van der Waals surface area contributed by atoms with E-state index in [0.717, 1.165) is 13.2 Å². The Balaban J connectivity index is 0.00000147. The zero-order valence-electron chi connectivity index (χ0n) is 11.3. The second kappa shape index (κ2) is 6.83. The van der Waals surface area contributed by atoms with Crippen molar-refractivity contribution in [1.29, 1.82) is 0 Å². The summed E-state index contributed by atoms with van der Waals surface area (Å²) in [6.45, 7) is 4.25. The number of nitrogens with zero attached hydrogens (tertiary/aromatic N) is 2. The molecule has 2 aromatic rings. The van der Waals surface area contributed by atoms with Gasteiger partial charge in [0.2, 0.25) is 5.89 Å². The van der Waals surface area contributed by atoms with Crippen molar-refractivity contribution in [3.8, 4) is 0 Å². The maximum absolute atomic E-state index is 5.40. The van der Waals surface area contributed by atoms with Crippen molar-refractivity contribution in [3.63, 3.8) is 0 Å². The van der Waals surface area contributed by atoms with Gasteiger partial charge in [-0.15, -0.1) is 12.4 Å². The first kappa shape index (κ1) is 15.0. The van der Waals surface area contributed by atoms with Crippen LogP contribution in [0.15, 0.2) is 28.8 Å². The average molecular weight is 296 g/mol. The smallest absolute Gasteiger partial charge is 0.231 e. The predicted molar refractivity (Wildman–Crippen MR) is 77.1 cm³/mol. The van der Waals surface area contributed by atoms with Gasteiger partial charge in [-0.05, 0) is 18.1 Å². The van der Waals surface area contributed by atoms with Gasteiger partial charge < -0.3 is 14.6 Å². The molecule has 0 saturated carbocycles. The minimum Gasteiger partial charge on any atom is -0.378 e. The van der Waals surface area contributed by atoms with Gasteiger partial charge in [-0.25, -0.2) is 0 Å². The Labute approximate surface area is 124 Å². The number of morpholine rings is 1. The fourth-order valence-electron chi connectivity index (χ4n) is 2.18. The van der Waals surface area contributed by atoms with Crippen LogP contribution in [0.5, 0.6) is 0 Å². The maximum Gasteiger partial charge on any atom is 0.231 e. The number of nitrogens with one attached hydrogen (secondary N) is 1. The van der Waals surface area contributed by atoms with E-state index in [9.17, 15) is 0 Å². The number of ether oxygens (including phenoxy) is 1. The topological polar surface area (TPSA) is 60.2 Å². The van der Waals surface area contributed by atoms with Gasteiger partial charge in [0.1, 0.15) is 0 Å². The molecule has 0 bridgehead atoms. The molecule has 0 aliphatic carbocycles. The Kier molecular flexibility index (Phi) is 5.11. The molecule has 20 heavy (non-hydrogen) atoms. The lowest BCUT2D eigenvalue weighted by molar-refractivity contribution is 0.0734. The summed E-state index contributed by atoms with van der Waals surface area (Å²) in [4.78, 5) is 4.45. The quantitative estimate of drug-likeness (QED) is 0.939. The van der Waals surface area contributed by atoms with E-state index in [1.165, 1.54) is 11.1 Å². The van der Waals surface area contributed by atoms with Crippen molar-refractivity contribution in [3.05, 3.63) is 47.1 Å². The molecule has 108 valence electrons. The second-order valence-electron chi connectivity index (χ2n) is 4.73. The predicted octanol–water partition coefficient (Wildman–Crippen LogP) is 2.05. The highest BCUT2D eigenvalue weighted by Gasteiger charge is 2.21. The van der Waals surface area contributed by atoms with Crippen molar-refractivity contribution in [2.45, 2.75) is 19.4 Å². The van der Waals surface area contributed by atoms with Gasteiger partial charge in [-0.1, -0.05) is 29.4 Å². The van der Waals surface area contributed by atoms with E-state index in [-0.39, 0.29) is 18.4 Å². The third-order valence-corrected chi connectivity index (χ3v) is 3.32. The van der Waals surface area contributed by atoms with Crippen LogP contribution in [0.4, 0.5) is 0 Å². The van der Waals surface area contributed by atoms with Crippen LogP contribution in [0, 0.1) is 6.92 Å². The molecule has 1 aromatic heterocycles. The zero-order chi connectivity index (χ0) is 13.1. The number of rotatable bonds is 3. The van der Waals surface area contributed by atoms with Crippen LogP contribution in [0.2, 0.25) is 0 Å². The molecule has 1 aliphatic heterocycles. The molecule has 6 heteroatoms. The van der Waals surface area contributed by atoms with Crippen LogP contribution in [0.3, 0.4) is 0 Å². The van der Waals surface area contributed by atoms with Gasteiger partial charge in [0, 0.05) is 6.54 Å². The highest BCUT2D eigenvalue weighted by Crippen LogP contribution is 2.16. The molecule has 2 heterocycles. The number of aromatic nitrogens is 2. The molecule has 1 aromatic carbocycles. The molecule has 0 spiro atoms. The van der Waals surface area contributed by atoms with Crippen LogP contribution in [0.1, 0.15) is 28.9 Å². The number of hydrogen-bond acceptors (Lipinski definition) is 5. The lowest BCUT2D eigenvalue weighted by Gasteiger charge is -2.20. The van der Waals surface area contributed by atoms with E-state index in [1.54, 1.807) is 0 Å². The zero-order valence-corrected chi connectivity index (χ0v) is 12.2. The summed E-state index contributed by atoms with van der Waals surface area (Å²) in [6, 6.07) is 8.27. The number of aryl methyl sites for hydroxylation is 1. The van der Waals surface area contributed by atoms with Crippen LogP contribution < -0.4 is 5.32 Å². The Morgan fingerprint density at radius 3 is 2.95 bits per heavy atom. The summed E-state index contributed by atoms with van der Waals surface area (Å²) in [5, 5.41) is 7.35. The summed E-state index contributed by atoms with van der Waals surface area (Å²) in [5.74, 6) is 1.33. The van der Waals surface area contributed by atoms with Crippen molar-refractivity contribution in [1.82, 2.24) is 15.5 Å². The van der Waals surface area contributed by atoms with Gasteiger partial charge in [-0.3, -0.25) is 0 Å². The van der Waals surface area contributed by atoms with Crippen LogP contribution in [-0.2, 0) is 11.2 Å². The molecule has 1 aliphatic rings. The first-order valence-corrected chi connectivity index (χ1v) is 6.51. The normalized spacial score (nSPS) is 18.6. The average Bonchev–Trinajstić information content (AvgIpc) is 2.91. The Hall–Kier alpha value is -1.43. The minimum absolute atomic E-state index is 0. The highest BCUT2D eigenvalue weighted by molar-refractivity contribution is 5.85. The standard InChI is InChI=1S/C14H17N3O2.ClH/c1-10-4-2-3-5-11(10)8-13-16-14(17-19-13)12-9-18-7-6-15-12;/h2-5,12,15H,6-9H2,1H3;1H. The number of hydrogen-bond donors (Lipinski definition) is 1.